The van der Waals surface area contributed by atoms with Gasteiger partial charge in [-0.15, -0.1) is 6.58 Å². The Balaban J connectivity index is 1.84. The Bertz CT molecular complexity index is 114. The molecule has 1 fully saturated rings. The predicted molar refractivity (Wildman–Crippen MR) is 52.2 cm³/mol. The number of ether oxygens (including phenoxy) is 1. The monoisotopic (exact) mass is 168 g/mol. The largest absolute Gasteiger partial charge is 0.381 e. The van der Waals surface area contributed by atoms with E-state index in [1.807, 2.05) is 6.08 Å². The number of hydrogen-bond donors (Lipinski definition) is 0. The molecule has 1 nitrogen and oxygen atoms in total. The predicted octanol–water partition coefficient (Wildman–Crippen LogP) is 3.16. The lowest BCUT2D eigenvalue weighted by molar-refractivity contribution is 0.0998. The molecule has 12 heavy (non-hydrogen) atoms. The van der Waals surface area contributed by atoms with E-state index in [4.69, 9.17) is 4.74 Å². The summed E-state index contributed by atoms with van der Waals surface area (Å²) in [4.78, 5) is 0. The van der Waals surface area contributed by atoms with Gasteiger partial charge in [0.25, 0.3) is 0 Å². The molecule has 1 rings (SSSR count). The van der Waals surface area contributed by atoms with Crippen molar-refractivity contribution in [2.24, 2.45) is 5.92 Å². The summed E-state index contributed by atoms with van der Waals surface area (Å²) in [6, 6.07) is 0. The fourth-order valence-corrected chi connectivity index (χ4v) is 1.76. The second-order valence-electron chi connectivity index (χ2n) is 3.66. The van der Waals surface area contributed by atoms with Gasteiger partial charge in [0.05, 0.1) is 0 Å². The van der Waals surface area contributed by atoms with Gasteiger partial charge in [0.1, 0.15) is 0 Å². The molecule has 0 amide bonds. The van der Waals surface area contributed by atoms with Crippen LogP contribution in [0.2, 0.25) is 0 Å². The van der Waals surface area contributed by atoms with Gasteiger partial charge in [0.15, 0.2) is 0 Å². The quantitative estimate of drug-likeness (QED) is 0.437. The normalized spacial score (nSPS) is 18.3. The van der Waals surface area contributed by atoms with Gasteiger partial charge in [-0.3, -0.25) is 0 Å². The van der Waals surface area contributed by atoms with Gasteiger partial charge in [-0.1, -0.05) is 18.9 Å². The molecular formula is C11H20O. The van der Waals surface area contributed by atoms with Crippen molar-refractivity contribution < 1.29 is 4.74 Å². The van der Waals surface area contributed by atoms with Gasteiger partial charge in [0.2, 0.25) is 0 Å². The highest BCUT2D eigenvalue weighted by molar-refractivity contribution is 4.67. The van der Waals surface area contributed by atoms with Crippen molar-refractivity contribution in [1.29, 1.82) is 0 Å². The van der Waals surface area contributed by atoms with E-state index >= 15 is 0 Å². The minimum Gasteiger partial charge on any atom is -0.381 e. The van der Waals surface area contributed by atoms with Crippen LogP contribution >= 0.6 is 0 Å². The zero-order chi connectivity index (χ0) is 8.65. The first-order chi connectivity index (χ1) is 5.93. The lowest BCUT2D eigenvalue weighted by atomic mass is 10.1. The first kappa shape index (κ1) is 9.79. The molecule has 0 aromatic heterocycles. The fraction of sp³-hybridized carbons (Fsp3) is 0.818. The summed E-state index contributed by atoms with van der Waals surface area (Å²) in [7, 11) is 0. The molecule has 0 spiro atoms. The maximum atomic E-state index is 5.57. The van der Waals surface area contributed by atoms with Crippen molar-refractivity contribution in [3.8, 4) is 0 Å². The molecule has 1 aliphatic rings. The summed E-state index contributed by atoms with van der Waals surface area (Å²) in [6.45, 7) is 5.60. The molecule has 0 heterocycles. The van der Waals surface area contributed by atoms with Crippen LogP contribution in [0.3, 0.4) is 0 Å². The first-order valence-corrected chi connectivity index (χ1v) is 5.12. The highest BCUT2D eigenvalue weighted by atomic mass is 16.5. The van der Waals surface area contributed by atoms with E-state index in [1.54, 1.807) is 0 Å². The molecule has 1 heteroatoms. The Hall–Kier alpha value is -0.300. The number of unbranched alkanes of at least 4 members (excludes halogenated alkanes) is 1. The van der Waals surface area contributed by atoms with Crippen LogP contribution in [0, 0.1) is 5.92 Å². The van der Waals surface area contributed by atoms with E-state index in [-0.39, 0.29) is 0 Å². The molecule has 1 saturated carbocycles. The molecule has 0 atom stereocenters. The van der Waals surface area contributed by atoms with Crippen LogP contribution < -0.4 is 0 Å². The molecule has 0 aliphatic heterocycles. The van der Waals surface area contributed by atoms with Crippen molar-refractivity contribution in [2.45, 2.75) is 38.5 Å². The summed E-state index contributed by atoms with van der Waals surface area (Å²) in [5.41, 5.74) is 0. The SMILES string of the molecule is C=CCCCOCC1CCCC1. The first-order valence-electron chi connectivity index (χ1n) is 5.12. The van der Waals surface area contributed by atoms with Crippen molar-refractivity contribution in [1.82, 2.24) is 0 Å². The van der Waals surface area contributed by atoms with E-state index in [0.717, 1.165) is 32.0 Å². The van der Waals surface area contributed by atoms with Crippen molar-refractivity contribution in [2.75, 3.05) is 13.2 Å². The van der Waals surface area contributed by atoms with Crippen molar-refractivity contribution in [3.05, 3.63) is 12.7 Å². The lowest BCUT2D eigenvalue weighted by Gasteiger charge is -2.08. The molecule has 0 aromatic rings. The Kier molecular flexibility index (Phi) is 5.09. The minimum atomic E-state index is 0.869. The fourth-order valence-electron chi connectivity index (χ4n) is 1.76. The third kappa shape index (κ3) is 3.91. The van der Waals surface area contributed by atoms with Gasteiger partial charge >= 0.3 is 0 Å². The summed E-state index contributed by atoms with van der Waals surface area (Å²) >= 11 is 0. The Labute approximate surface area is 75.8 Å². The second-order valence-corrected chi connectivity index (χ2v) is 3.66. The Morgan fingerprint density at radius 1 is 1.33 bits per heavy atom. The topological polar surface area (TPSA) is 9.23 Å². The van der Waals surface area contributed by atoms with Crippen LogP contribution in [0.4, 0.5) is 0 Å². The molecular weight excluding hydrogens is 148 g/mol. The van der Waals surface area contributed by atoms with Gasteiger partial charge in [0, 0.05) is 13.2 Å². The zero-order valence-electron chi connectivity index (χ0n) is 7.93. The van der Waals surface area contributed by atoms with Crippen LogP contribution in [-0.2, 0) is 4.74 Å². The Morgan fingerprint density at radius 3 is 2.75 bits per heavy atom. The molecule has 0 bridgehead atoms. The van der Waals surface area contributed by atoms with Gasteiger partial charge in [-0.2, -0.15) is 0 Å². The van der Waals surface area contributed by atoms with Crippen LogP contribution in [0.5, 0.6) is 0 Å². The second kappa shape index (κ2) is 6.24. The van der Waals surface area contributed by atoms with E-state index < -0.39 is 0 Å². The van der Waals surface area contributed by atoms with E-state index in [2.05, 4.69) is 6.58 Å². The summed E-state index contributed by atoms with van der Waals surface area (Å²) < 4.78 is 5.57. The molecule has 70 valence electrons. The molecule has 0 radical (unpaired) electrons. The van der Waals surface area contributed by atoms with Crippen molar-refractivity contribution in [3.63, 3.8) is 0 Å². The smallest absolute Gasteiger partial charge is 0.0494 e. The zero-order valence-corrected chi connectivity index (χ0v) is 7.93. The molecule has 0 N–H and O–H groups in total. The lowest BCUT2D eigenvalue weighted by Crippen LogP contribution is -2.06. The molecule has 0 saturated heterocycles. The average Bonchev–Trinajstić information content (AvgIpc) is 2.57. The summed E-state index contributed by atoms with van der Waals surface area (Å²) in [6.07, 6.45) is 9.80. The standard InChI is InChI=1S/C11H20O/c1-2-3-6-9-12-10-11-7-4-5-8-11/h2,11H,1,3-10H2. The third-order valence-electron chi connectivity index (χ3n) is 2.53. The van der Waals surface area contributed by atoms with Crippen LogP contribution in [0.15, 0.2) is 12.7 Å². The summed E-state index contributed by atoms with van der Waals surface area (Å²) in [5.74, 6) is 0.869. The van der Waals surface area contributed by atoms with Gasteiger partial charge in [-0.25, -0.2) is 0 Å². The van der Waals surface area contributed by atoms with Crippen LogP contribution in [0.25, 0.3) is 0 Å². The highest BCUT2D eigenvalue weighted by Crippen LogP contribution is 2.24. The minimum absolute atomic E-state index is 0.869. The van der Waals surface area contributed by atoms with E-state index in [1.165, 1.54) is 25.7 Å². The number of hydrogen-bond acceptors (Lipinski definition) is 1. The van der Waals surface area contributed by atoms with Gasteiger partial charge < -0.3 is 4.74 Å². The third-order valence-corrected chi connectivity index (χ3v) is 2.53. The molecule has 0 aromatic carbocycles. The number of rotatable bonds is 6. The summed E-state index contributed by atoms with van der Waals surface area (Å²) in [5, 5.41) is 0. The van der Waals surface area contributed by atoms with E-state index in [0.29, 0.717) is 0 Å². The Morgan fingerprint density at radius 2 is 2.08 bits per heavy atom. The molecule has 0 unspecified atom stereocenters. The maximum Gasteiger partial charge on any atom is 0.0494 e. The average molecular weight is 168 g/mol. The van der Waals surface area contributed by atoms with E-state index in [9.17, 15) is 0 Å². The molecule has 1 aliphatic carbocycles. The number of allylic oxidation sites excluding steroid dienone is 1. The van der Waals surface area contributed by atoms with Crippen LogP contribution in [0.1, 0.15) is 38.5 Å². The van der Waals surface area contributed by atoms with Crippen LogP contribution in [-0.4, -0.2) is 13.2 Å². The maximum absolute atomic E-state index is 5.57. The van der Waals surface area contributed by atoms with Crippen molar-refractivity contribution >= 4 is 0 Å². The highest BCUT2D eigenvalue weighted by Gasteiger charge is 2.14. The van der Waals surface area contributed by atoms with Gasteiger partial charge in [-0.05, 0) is 31.6 Å².